The molecule has 2 fully saturated rings. The highest BCUT2D eigenvalue weighted by atomic mass is 35.5. The lowest BCUT2D eigenvalue weighted by Gasteiger charge is -2.38. The van der Waals surface area contributed by atoms with Crippen molar-refractivity contribution in [3.63, 3.8) is 0 Å². The molecular weight excluding hydrogens is 370 g/mol. The maximum Gasteiger partial charge on any atom is 0.316 e. The topological polar surface area (TPSA) is 55.3 Å². The van der Waals surface area contributed by atoms with Crippen LogP contribution < -0.4 is 4.74 Å². The number of rotatable bonds is 4. The molecular formula is C19H22ClN3O2S. The first kappa shape index (κ1) is 17.7. The number of hydrogen-bond donors (Lipinski definition) is 0. The minimum Gasteiger partial charge on any atom is -0.458 e. The van der Waals surface area contributed by atoms with Crippen LogP contribution in [0.2, 0.25) is 5.02 Å². The van der Waals surface area contributed by atoms with Gasteiger partial charge in [0.1, 0.15) is 6.10 Å². The van der Waals surface area contributed by atoms with E-state index < -0.39 is 0 Å². The summed E-state index contributed by atoms with van der Waals surface area (Å²) in [6.07, 6.45) is 8.97. The Balaban J connectivity index is 1.48. The third-order valence-corrected chi connectivity index (χ3v) is 6.66. The first-order valence-corrected chi connectivity index (χ1v) is 10.4. The summed E-state index contributed by atoms with van der Waals surface area (Å²) in [5.74, 6) is 0.266. The molecule has 1 saturated carbocycles. The lowest BCUT2D eigenvalue weighted by Crippen LogP contribution is -2.51. The van der Waals surface area contributed by atoms with Crippen LogP contribution in [0.25, 0.3) is 0 Å². The Kier molecular flexibility index (Phi) is 5.14. The minimum absolute atomic E-state index is 0.0735. The van der Waals surface area contributed by atoms with Gasteiger partial charge in [-0.25, -0.2) is 9.97 Å². The molecule has 5 nitrogen and oxygen atoms in total. The molecule has 2 aliphatic rings. The van der Waals surface area contributed by atoms with Crippen molar-refractivity contribution in [2.75, 3.05) is 13.1 Å². The van der Waals surface area contributed by atoms with Gasteiger partial charge in [0.25, 0.3) is 0 Å². The Morgan fingerprint density at radius 3 is 2.73 bits per heavy atom. The average Bonchev–Trinajstić information content (AvgIpc) is 3.35. The molecule has 7 heteroatoms. The van der Waals surface area contributed by atoms with E-state index in [-0.39, 0.29) is 17.4 Å². The van der Waals surface area contributed by atoms with Gasteiger partial charge in [0.15, 0.2) is 0 Å². The van der Waals surface area contributed by atoms with Crippen molar-refractivity contribution in [2.45, 2.75) is 50.0 Å². The van der Waals surface area contributed by atoms with Crippen LogP contribution in [0.5, 0.6) is 6.01 Å². The molecule has 1 aliphatic carbocycles. The summed E-state index contributed by atoms with van der Waals surface area (Å²) in [5.41, 5.74) is -0.327. The van der Waals surface area contributed by atoms with E-state index in [2.05, 4.69) is 21.4 Å². The summed E-state index contributed by atoms with van der Waals surface area (Å²) < 4.78 is 5.90. The molecule has 0 aromatic carbocycles. The second-order valence-electron chi connectivity index (χ2n) is 7.08. The van der Waals surface area contributed by atoms with Gasteiger partial charge in [-0.05, 0) is 37.1 Å². The van der Waals surface area contributed by atoms with E-state index in [0.717, 1.165) is 45.1 Å². The second-order valence-corrected chi connectivity index (χ2v) is 8.47. The molecule has 4 rings (SSSR count). The molecule has 3 heterocycles. The zero-order chi connectivity index (χ0) is 18.0. The predicted octanol–water partition coefficient (Wildman–Crippen LogP) is 4.07. The van der Waals surface area contributed by atoms with Crippen LogP contribution in [0.1, 0.15) is 43.4 Å². The molecule has 1 aliphatic heterocycles. The van der Waals surface area contributed by atoms with Crippen LogP contribution in [0, 0.1) is 0 Å². The van der Waals surface area contributed by atoms with Crippen molar-refractivity contribution in [1.82, 2.24) is 14.9 Å². The number of amides is 1. The molecule has 0 bridgehead atoms. The van der Waals surface area contributed by atoms with E-state index in [0.29, 0.717) is 17.6 Å². The summed E-state index contributed by atoms with van der Waals surface area (Å²) in [7, 11) is 0. The van der Waals surface area contributed by atoms with Crippen LogP contribution in [-0.4, -0.2) is 40.0 Å². The van der Waals surface area contributed by atoms with Crippen molar-refractivity contribution in [3.8, 4) is 6.01 Å². The van der Waals surface area contributed by atoms with Crippen molar-refractivity contribution in [3.05, 3.63) is 39.8 Å². The number of halogens is 1. The van der Waals surface area contributed by atoms with E-state index in [1.54, 1.807) is 11.3 Å². The summed E-state index contributed by atoms with van der Waals surface area (Å²) in [6.45, 7) is 1.39. The second kappa shape index (κ2) is 7.53. The van der Waals surface area contributed by atoms with Gasteiger partial charge in [-0.2, -0.15) is 0 Å². The molecule has 0 radical (unpaired) electrons. The fourth-order valence-electron chi connectivity index (χ4n) is 4.13. The number of hydrogen-bond acceptors (Lipinski definition) is 5. The lowest BCUT2D eigenvalue weighted by atomic mass is 9.82. The number of aromatic nitrogens is 2. The van der Waals surface area contributed by atoms with E-state index in [4.69, 9.17) is 16.3 Å². The molecule has 0 N–H and O–H groups in total. The molecule has 1 unspecified atom stereocenters. The summed E-state index contributed by atoms with van der Waals surface area (Å²) in [6, 6.07) is 4.49. The predicted molar refractivity (Wildman–Crippen MR) is 102 cm³/mol. The fourth-order valence-corrected chi connectivity index (χ4v) is 5.20. The minimum atomic E-state index is -0.327. The van der Waals surface area contributed by atoms with Crippen molar-refractivity contribution in [2.24, 2.45) is 0 Å². The SMILES string of the molecule is O=C(N1CCCC(Oc2ncc(Cl)cn2)C1)C1(c2cccs2)CCCC1. The van der Waals surface area contributed by atoms with Crippen LogP contribution in [0.4, 0.5) is 0 Å². The Bertz CT molecular complexity index is 745. The van der Waals surface area contributed by atoms with Gasteiger partial charge in [-0.1, -0.05) is 30.5 Å². The van der Waals surface area contributed by atoms with Gasteiger partial charge in [-0.3, -0.25) is 4.79 Å². The number of piperidine rings is 1. The summed E-state index contributed by atoms with van der Waals surface area (Å²) in [5, 5.41) is 2.56. The maximum atomic E-state index is 13.5. The van der Waals surface area contributed by atoms with Gasteiger partial charge >= 0.3 is 6.01 Å². The number of thiophene rings is 1. The van der Waals surface area contributed by atoms with Crippen molar-refractivity contribution < 1.29 is 9.53 Å². The maximum absolute atomic E-state index is 13.5. The number of carbonyl (C=O) groups excluding carboxylic acids is 1. The first-order valence-electron chi connectivity index (χ1n) is 9.15. The molecule has 0 spiro atoms. The Morgan fingerprint density at radius 1 is 1.27 bits per heavy atom. The number of likely N-dealkylation sites (tertiary alicyclic amines) is 1. The Morgan fingerprint density at radius 2 is 2.04 bits per heavy atom. The van der Waals surface area contributed by atoms with Crippen LogP contribution in [0.15, 0.2) is 29.9 Å². The van der Waals surface area contributed by atoms with Crippen LogP contribution >= 0.6 is 22.9 Å². The third kappa shape index (κ3) is 3.45. The highest BCUT2D eigenvalue weighted by Crippen LogP contribution is 2.44. The molecule has 1 atom stereocenters. The van der Waals surface area contributed by atoms with E-state index in [9.17, 15) is 4.79 Å². The quantitative estimate of drug-likeness (QED) is 0.788. The van der Waals surface area contributed by atoms with Gasteiger partial charge < -0.3 is 9.64 Å². The third-order valence-electron chi connectivity index (χ3n) is 5.39. The first-order chi connectivity index (χ1) is 12.7. The zero-order valence-corrected chi connectivity index (χ0v) is 16.1. The number of carbonyl (C=O) groups is 1. The van der Waals surface area contributed by atoms with E-state index in [1.807, 2.05) is 11.0 Å². The van der Waals surface area contributed by atoms with Crippen LogP contribution in [-0.2, 0) is 10.2 Å². The largest absolute Gasteiger partial charge is 0.458 e. The lowest BCUT2D eigenvalue weighted by molar-refractivity contribution is -0.140. The van der Waals surface area contributed by atoms with E-state index >= 15 is 0 Å². The number of ether oxygens (including phenoxy) is 1. The van der Waals surface area contributed by atoms with Gasteiger partial charge in [0.2, 0.25) is 5.91 Å². The van der Waals surface area contributed by atoms with Crippen molar-refractivity contribution in [1.29, 1.82) is 0 Å². The smallest absolute Gasteiger partial charge is 0.316 e. The highest BCUT2D eigenvalue weighted by Gasteiger charge is 2.46. The monoisotopic (exact) mass is 391 g/mol. The molecule has 1 saturated heterocycles. The Labute approximate surface area is 162 Å². The molecule has 2 aromatic rings. The normalized spacial score (nSPS) is 22.3. The molecule has 1 amide bonds. The van der Waals surface area contributed by atoms with Crippen molar-refractivity contribution >= 4 is 28.8 Å². The zero-order valence-electron chi connectivity index (χ0n) is 14.6. The van der Waals surface area contributed by atoms with Gasteiger partial charge in [0.05, 0.1) is 29.4 Å². The van der Waals surface area contributed by atoms with Gasteiger partial charge in [0, 0.05) is 11.4 Å². The molecule has 26 heavy (non-hydrogen) atoms. The highest BCUT2D eigenvalue weighted by molar-refractivity contribution is 7.10. The van der Waals surface area contributed by atoms with Crippen LogP contribution in [0.3, 0.4) is 0 Å². The summed E-state index contributed by atoms with van der Waals surface area (Å²) in [4.78, 5) is 24.9. The fraction of sp³-hybridized carbons (Fsp3) is 0.526. The standard InChI is InChI=1S/C19H22ClN3O2S/c20-14-11-21-18(22-12-14)25-15-5-3-9-23(13-15)17(24)19(7-1-2-8-19)16-6-4-10-26-16/h4,6,10-12,15H,1-3,5,7-9,13H2. The Hall–Kier alpha value is -1.66. The summed E-state index contributed by atoms with van der Waals surface area (Å²) >= 11 is 7.53. The van der Waals surface area contributed by atoms with E-state index in [1.165, 1.54) is 17.3 Å². The average molecular weight is 392 g/mol. The number of nitrogens with zero attached hydrogens (tertiary/aromatic N) is 3. The molecule has 138 valence electrons. The molecule has 2 aromatic heterocycles. The van der Waals surface area contributed by atoms with Gasteiger partial charge in [-0.15, -0.1) is 11.3 Å².